The standard InChI is InChI=1S/C20H24N2O4/c1-13-5-18(26-21-13)8-16-10-22(11-19(16)23)9-14-6-15-7-17(24-2)3-4-20(15)25-12-14/h3-7,16,19,23H,8-12H2,1-2H3/t16-,19-/m1/s1. The van der Waals surface area contributed by atoms with Crippen LogP contribution in [0.25, 0.3) is 6.08 Å². The number of methoxy groups -OCH3 is 1. The number of rotatable bonds is 5. The molecule has 1 saturated heterocycles. The molecule has 1 N–H and O–H groups in total. The Kier molecular flexibility index (Phi) is 4.70. The highest BCUT2D eigenvalue weighted by Crippen LogP contribution is 2.31. The molecule has 0 radical (unpaired) electrons. The van der Waals surface area contributed by atoms with Gasteiger partial charge in [-0.05, 0) is 36.8 Å². The molecule has 26 heavy (non-hydrogen) atoms. The van der Waals surface area contributed by atoms with Gasteiger partial charge in [0, 0.05) is 43.6 Å². The van der Waals surface area contributed by atoms with Crippen LogP contribution in [0.5, 0.6) is 11.5 Å². The van der Waals surface area contributed by atoms with Crippen LogP contribution in [0.2, 0.25) is 0 Å². The molecular formula is C20H24N2O4. The Morgan fingerprint density at radius 2 is 2.19 bits per heavy atom. The van der Waals surface area contributed by atoms with Crippen LogP contribution in [0.4, 0.5) is 0 Å². The third-order valence-corrected chi connectivity index (χ3v) is 5.04. The van der Waals surface area contributed by atoms with Gasteiger partial charge in [-0.2, -0.15) is 0 Å². The molecule has 3 heterocycles. The third-order valence-electron chi connectivity index (χ3n) is 5.04. The fourth-order valence-electron chi connectivity index (χ4n) is 3.75. The monoisotopic (exact) mass is 356 g/mol. The molecule has 2 atom stereocenters. The van der Waals surface area contributed by atoms with Gasteiger partial charge in [-0.25, -0.2) is 0 Å². The summed E-state index contributed by atoms with van der Waals surface area (Å²) in [6, 6.07) is 7.78. The lowest BCUT2D eigenvalue weighted by Crippen LogP contribution is -2.27. The summed E-state index contributed by atoms with van der Waals surface area (Å²) in [5.41, 5.74) is 3.12. The number of hydrogen-bond acceptors (Lipinski definition) is 6. The van der Waals surface area contributed by atoms with E-state index in [4.69, 9.17) is 14.0 Å². The minimum Gasteiger partial charge on any atom is -0.497 e. The van der Waals surface area contributed by atoms with Crippen molar-refractivity contribution in [3.63, 3.8) is 0 Å². The van der Waals surface area contributed by atoms with E-state index in [0.717, 1.165) is 41.6 Å². The molecule has 0 unspecified atom stereocenters. The molecule has 0 saturated carbocycles. The summed E-state index contributed by atoms with van der Waals surface area (Å²) in [6.45, 7) is 4.79. The predicted molar refractivity (Wildman–Crippen MR) is 97.3 cm³/mol. The summed E-state index contributed by atoms with van der Waals surface area (Å²) >= 11 is 0. The molecule has 0 bridgehead atoms. The first-order valence-corrected chi connectivity index (χ1v) is 8.93. The van der Waals surface area contributed by atoms with Gasteiger partial charge in [0.1, 0.15) is 23.9 Å². The van der Waals surface area contributed by atoms with Crippen LogP contribution < -0.4 is 9.47 Å². The van der Waals surface area contributed by atoms with Crippen LogP contribution in [0.15, 0.2) is 34.4 Å². The molecule has 2 aromatic rings. The molecule has 1 fully saturated rings. The second-order valence-electron chi connectivity index (χ2n) is 7.16. The number of fused-ring (bicyclic) bond motifs is 1. The lowest BCUT2D eigenvalue weighted by Gasteiger charge is -2.22. The second kappa shape index (κ2) is 7.13. The zero-order valence-corrected chi connectivity index (χ0v) is 15.1. The highest BCUT2D eigenvalue weighted by molar-refractivity contribution is 5.64. The van der Waals surface area contributed by atoms with Crippen molar-refractivity contribution in [2.45, 2.75) is 19.4 Å². The highest BCUT2D eigenvalue weighted by atomic mass is 16.5. The number of hydrogen-bond donors (Lipinski definition) is 1. The van der Waals surface area contributed by atoms with E-state index >= 15 is 0 Å². The van der Waals surface area contributed by atoms with Crippen molar-refractivity contribution in [2.24, 2.45) is 5.92 Å². The van der Waals surface area contributed by atoms with E-state index in [2.05, 4.69) is 16.1 Å². The van der Waals surface area contributed by atoms with Crippen LogP contribution >= 0.6 is 0 Å². The Hall–Kier alpha value is -2.31. The summed E-state index contributed by atoms with van der Waals surface area (Å²) < 4.78 is 16.5. The molecule has 6 nitrogen and oxygen atoms in total. The summed E-state index contributed by atoms with van der Waals surface area (Å²) in [4.78, 5) is 2.28. The number of aryl methyl sites for hydroxylation is 1. The number of nitrogens with zero attached hydrogens (tertiary/aromatic N) is 2. The predicted octanol–water partition coefficient (Wildman–Crippen LogP) is 2.30. The fourth-order valence-corrected chi connectivity index (χ4v) is 3.75. The first-order chi connectivity index (χ1) is 12.6. The topological polar surface area (TPSA) is 68.0 Å². The molecule has 0 amide bonds. The van der Waals surface area contributed by atoms with Crippen molar-refractivity contribution in [1.82, 2.24) is 10.1 Å². The van der Waals surface area contributed by atoms with Crippen molar-refractivity contribution >= 4 is 6.08 Å². The number of aliphatic hydroxyl groups is 1. The second-order valence-corrected chi connectivity index (χ2v) is 7.16. The maximum absolute atomic E-state index is 10.4. The number of benzene rings is 1. The molecular weight excluding hydrogens is 332 g/mol. The van der Waals surface area contributed by atoms with Gasteiger partial charge < -0.3 is 19.1 Å². The molecule has 0 spiro atoms. The Morgan fingerprint density at radius 3 is 2.96 bits per heavy atom. The number of aliphatic hydroxyl groups excluding tert-OH is 1. The van der Waals surface area contributed by atoms with Crippen LogP contribution in [0, 0.1) is 12.8 Å². The van der Waals surface area contributed by atoms with E-state index in [-0.39, 0.29) is 12.0 Å². The van der Waals surface area contributed by atoms with E-state index in [0.29, 0.717) is 19.6 Å². The van der Waals surface area contributed by atoms with Crippen LogP contribution in [-0.4, -0.2) is 54.6 Å². The van der Waals surface area contributed by atoms with Crippen LogP contribution in [0.1, 0.15) is 17.0 Å². The highest BCUT2D eigenvalue weighted by Gasteiger charge is 2.32. The molecule has 2 aliphatic heterocycles. The Morgan fingerprint density at radius 1 is 1.31 bits per heavy atom. The zero-order valence-electron chi connectivity index (χ0n) is 15.1. The molecule has 0 aliphatic carbocycles. The normalized spacial score (nSPS) is 22.7. The molecule has 1 aromatic carbocycles. The van der Waals surface area contributed by atoms with Gasteiger partial charge >= 0.3 is 0 Å². The molecule has 1 aromatic heterocycles. The van der Waals surface area contributed by atoms with Gasteiger partial charge in [-0.3, -0.25) is 4.90 Å². The van der Waals surface area contributed by atoms with Crippen molar-refractivity contribution in [1.29, 1.82) is 0 Å². The van der Waals surface area contributed by atoms with Crippen LogP contribution in [-0.2, 0) is 6.42 Å². The SMILES string of the molecule is COc1ccc2c(c1)C=C(CN1C[C@@H](Cc3cc(C)no3)[C@H](O)C1)CO2. The van der Waals surface area contributed by atoms with Gasteiger partial charge in [-0.15, -0.1) is 0 Å². The molecule has 4 rings (SSSR count). The van der Waals surface area contributed by atoms with Crippen molar-refractivity contribution < 1.29 is 19.1 Å². The lowest BCUT2D eigenvalue weighted by atomic mass is 10.0. The van der Waals surface area contributed by atoms with E-state index in [1.165, 1.54) is 5.57 Å². The van der Waals surface area contributed by atoms with Gasteiger partial charge in [0.15, 0.2) is 0 Å². The Bertz CT molecular complexity index is 814. The van der Waals surface area contributed by atoms with Gasteiger partial charge in [0.2, 0.25) is 0 Å². The van der Waals surface area contributed by atoms with Gasteiger partial charge in [0.05, 0.1) is 18.9 Å². The zero-order chi connectivity index (χ0) is 18.1. The van der Waals surface area contributed by atoms with Gasteiger partial charge in [-0.1, -0.05) is 5.16 Å². The number of likely N-dealkylation sites (tertiary alicyclic amines) is 1. The minimum absolute atomic E-state index is 0.167. The fraction of sp³-hybridized carbons (Fsp3) is 0.450. The molecule has 6 heteroatoms. The van der Waals surface area contributed by atoms with Crippen molar-refractivity contribution in [3.8, 4) is 11.5 Å². The maximum Gasteiger partial charge on any atom is 0.137 e. The quantitative estimate of drug-likeness (QED) is 0.887. The first-order valence-electron chi connectivity index (χ1n) is 8.93. The van der Waals surface area contributed by atoms with Crippen molar-refractivity contribution in [3.05, 3.63) is 46.9 Å². The van der Waals surface area contributed by atoms with E-state index < -0.39 is 0 Å². The Labute approximate surface area is 153 Å². The van der Waals surface area contributed by atoms with Gasteiger partial charge in [0.25, 0.3) is 0 Å². The largest absolute Gasteiger partial charge is 0.497 e. The van der Waals surface area contributed by atoms with Crippen LogP contribution in [0.3, 0.4) is 0 Å². The summed E-state index contributed by atoms with van der Waals surface area (Å²) in [5.74, 6) is 2.72. The van der Waals surface area contributed by atoms with E-state index in [1.807, 2.05) is 31.2 Å². The first kappa shape index (κ1) is 17.1. The minimum atomic E-state index is -0.349. The summed E-state index contributed by atoms with van der Waals surface area (Å²) in [7, 11) is 1.66. The Balaban J connectivity index is 1.40. The maximum atomic E-state index is 10.4. The molecule has 2 aliphatic rings. The van der Waals surface area contributed by atoms with E-state index in [1.54, 1.807) is 7.11 Å². The summed E-state index contributed by atoms with van der Waals surface area (Å²) in [6.07, 6.45) is 2.53. The summed E-state index contributed by atoms with van der Waals surface area (Å²) in [5, 5.41) is 14.3. The van der Waals surface area contributed by atoms with E-state index in [9.17, 15) is 5.11 Å². The average Bonchev–Trinajstić information content (AvgIpc) is 3.20. The third kappa shape index (κ3) is 3.61. The smallest absolute Gasteiger partial charge is 0.137 e. The average molecular weight is 356 g/mol. The number of β-amino-alcohol motifs (C(OH)–C–C–N with tert-alkyl or cyclic N) is 1. The lowest BCUT2D eigenvalue weighted by molar-refractivity contribution is 0.138. The number of aromatic nitrogens is 1. The van der Waals surface area contributed by atoms with Crippen molar-refractivity contribution in [2.75, 3.05) is 33.4 Å². The molecule has 138 valence electrons. The number of ether oxygens (including phenoxy) is 2.